The lowest BCUT2D eigenvalue weighted by Crippen LogP contribution is -2.14. The van der Waals surface area contributed by atoms with Crippen molar-refractivity contribution in [1.29, 1.82) is 0 Å². The van der Waals surface area contributed by atoms with E-state index in [0.29, 0.717) is 29.3 Å². The van der Waals surface area contributed by atoms with Crippen LogP contribution in [0.1, 0.15) is 26.7 Å². The lowest BCUT2D eigenvalue weighted by Gasteiger charge is -2.11. The molecular formula is C14H20N4O3. The molecule has 0 radical (unpaired) electrons. The molecule has 2 aromatic heterocycles. The van der Waals surface area contributed by atoms with E-state index in [0.717, 1.165) is 12.8 Å². The molecule has 0 fully saturated rings. The number of rotatable bonds is 7. The second kappa shape index (κ2) is 7.03. The van der Waals surface area contributed by atoms with Crippen molar-refractivity contribution in [1.82, 2.24) is 15.0 Å². The summed E-state index contributed by atoms with van der Waals surface area (Å²) in [7, 11) is 1.51. The van der Waals surface area contributed by atoms with Crippen LogP contribution in [0.25, 0.3) is 11.0 Å². The molecule has 2 heterocycles. The first-order valence-electron chi connectivity index (χ1n) is 6.94. The van der Waals surface area contributed by atoms with E-state index in [1.165, 1.54) is 7.11 Å². The molecule has 0 aliphatic carbocycles. The van der Waals surface area contributed by atoms with Gasteiger partial charge in [-0.15, -0.1) is 0 Å². The smallest absolute Gasteiger partial charge is 0.320 e. The Morgan fingerprint density at radius 2 is 2.10 bits per heavy atom. The van der Waals surface area contributed by atoms with Gasteiger partial charge in [0, 0.05) is 0 Å². The number of pyridine rings is 1. The molecule has 0 aliphatic rings. The van der Waals surface area contributed by atoms with Gasteiger partial charge in [0.25, 0.3) is 0 Å². The number of nitrogens with one attached hydrogen (secondary N) is 1. The van der Waals surface area contributed by atoms with Gasteiger partial charge in [0.15, 0.2) is 5.52 Å². The highest BCUT2D eigenvalue weighted by molar-refractivity contribution is 5.81. The molecule has 7 heteroatoms. The lowest BCUT2D eigenvalue weighted by atomic mass is 10.3. The fraction of sp³-hybridized carbons (Fsp3) is 0.500. The zero-order valence-corrected chi connectivity index (χ0v) is 12.5. The number of nitrogens with zero attached hydrogens (tertiary/aromatic N) is 3. The Bertz CT molecular complexity index is 604. The predicted octanol–water partition coefficient (Wildman–Crippen LogP) is 1.96. The van der Waals surface area contributed by atoms with E-state index in [4.69, 9.17) is 9.47 Å². The highest BCUT2D eigenvalue weighted by Gasteiger charge is 2.12. The Kier molecular flexibility index (Phi) is 5.10. The van der Waals surface area contributed by atoms with Crippen molar-refractivity contribution < 1.29 is 14.6 Å². The maximum Gasteiger partial charge on any atom is 0.320 e. The van der Waals surface area contributed by atoms with Gasteiger partial charge in [-0.25, -0.2) is 4.98 Å². The van der Waals surface area contributed by atoms with Gasteiger partial charge < -0.3 is 19.9 Å². The molecule has 0 amide bonds. The first kappa shape index (κ1) is 15.2. The summed E-state index contributed by atoms with van der Waals surface area (Å²) in [4.78, 5) is 12.8. The molecule has 114 valence electrons. The Hall–Kier alpha value is -2.15. The molecule has 0 aromatic carbocycles. The zero-order chi connectivity index (χ0) is 15.2. The second-order valence-electron chi connectivity index (χ2n) is 4.60. The average molecular weight is 292 g/mol. The number of unbranched alkanes of at least 4 members (excludes halogenated alkanes) is 1. The fourth-order valence-electron chi connectivity index (χ4n) is 1.77. The number of methoxy groups -OCH3 is 1. The largest absolute Gasteiger partial charge is 0.476 e. The van der Waals surface area contributed by atoms with E-state index in [1.54, 1.807) is 19.1 Å². The van der Waals surface area contributed by atoms with Gasteiger partial charge in [-0.05, 0) is 25.5 Å². The Balaban J connectivity index is 2.39. The summed E-state index contributed by atoms with van der Waals surface area (Å²) in [5.41, 5.74) is 1.17. The minimum Gasteiger partial charge on any atom is -0.476 e. The van der Waals surface area contributed by atoms with Crippen LogP contribution in [-0.2, 0) is 0 Å². The molecule has 2 aromatic rings. The summed E-state index contributed by atoms with van der Waals surface area (Å²) in [6.45, 7) is 4.27. The van der Waals surface area contributed by atoms with Gasteiger partial charge in [0.2, 0.25) is 5.88 Å². The highest BCUT2D eigenvalue weighted by atomic mass is 16.5. The maximum absolute atomic E-state index is 9.37. The number of hydrogen-bond acceptors (Lipinski definition) is 7. The molecule has 2 N–H and O–H groups in total. The molecule has 1 atom stereocenters. The van der Waals surface area contributed by atoms with Crippen molar-refractivity contribution in [3.05, 3.63) is 12.1 Å². The van der Waals surface area contributed by atoms with Crippen LogP contribution in [0.15, 0.2) is 12.1 Å². The van der Waals surface area contributed by atoms with Crippen molar-refractivity contribution in [3.8, 4) is 11.9 Å². The van der Waals surface area contributed by atoms with E-state index in [9.17, 15) is 5.11 Å². The molecule has 7 nitrogen and oxygen atoms in total. The Labute approximate surface area is 123 Å². The predicted molar refractivity (Wildman–Crippen MR) is 79.6 cm³/mol. The summed E-state index contributed by atoms with van der Waals surface area (Å²) in [6.07, 6.45) is 1.26. The van der Waals surface area contributed by atoms with Crippen LogP contribution >= 0.6 is 0 Å². The number of aliphatic hydroxyl groups excluding tert-OH is 1. The number of aliphatic hydroxyl groups is 1. The third kappa shape index (κ3) is 3.91. The second-order valence-corrected chi connectivity index (χ2v) is 4.60. The van der Waals surface area contributed by atoms with Crippen molar-refractivity contribution in [2.75, 3.05) is 19.0 Å². The fourth-order valence-corrected chi connectivity index (χ4v) is 1.77. The summed E-state index contributed by atoms with van der Waals surface area (Å²) in [5.74, 6) is 0.922. The van der Waals surface area contributed by atoms with Crippen LogP contribution in [0, 0.1) is 0 Å². The van der Waals surface area contributed by atoms with Crippen molar-refractivity contribution >= 4 is 16.9 Å². The summed E-state index contributed by atoms with van der Waals surface area (Å²) in [6, 6.07) is 3.76. The molecule has 0 saturated heterocycles. The molecule has 0 bridgehead atoms. The molecule has 2 rings (SSSR count). The molecule has 1 unspecified atom stereocenters. The van der Waals surface area contributed by atoms with Crippen molar-refractivity contribution in [2.24, 2.45) is 0 Å². The van der Waals surface area contributed by atoms with E-state index in [-0.39, 0.29) is 6.01 Å². The number of anilines is 1. The van der Waals surface area contributed by atoms with Gasteiger partial charge in [-0.1, -0.05) is 13.3 Å². The summed E-state index contributed by atoms with van der Waals surface area (Å²) < 4.78 is 10.8. The quantitative estimate of drug-likeness (QED) is 0.595. The number of aromatic nitrogens is 3. The minimum absolute atomic E-state index is 0.243. The SMILES string of the molecule is CCCCOc1nc(OC)nc2ccc(NC(C)O)nc12. The third-order valence-corrected chi connectivity index (χ3v) is 2.77. The third-order valence-electron chi connectivity index (χ3n) is 2.77. The summed E-state index contributed by atoms with van der Waals surface area (Å²) >= 11 is 0. The Morgan fingerprint density at radius 3 is 2.76 bits per heavy atom. The van der Waals surface area contributed by atoms with Crippen LogP contribution in [0.2, 0.25) is 0 Å². The first-order chi connectivity index (χ1) is 10.1. The topological polar surface area (TPSA) is 89.4 Å². The summed E-state index contributed by atoms with van der Waals surface area (Å²) in [5, 5.41) is 12.2. The van der Waals surface area contributed by atoms with Gasteiger partial charge in [0.05, 0.1) is 13.7 Å². The molecule has 0 saturated carbocycles. The maximum atomic E-state index is 9.37. The average Bonchev–Trinajstić information content (AvgIpc) is 2.46. The van der Waals surface area contributed by atoms with Crippen LogP contribution in [-0.4, -0.2) is 40.0 Å². The molecule has 0 aliphatic heterocycles. The van der Waals surface area contributed by atoms with E-state index in [2.05, 4.69) is 27.2 Å². The van der Waals surface area contributed by atoms with Crippen LogP contribution in [0.3, 0.4) is 0 Å². The number of ether oxygens (including phenoxy) is 2. The van der Waals surface area contributed by atoms with Gasteiger partial charge >= 0.3 is 6.01 Å². The standard InChI is InChI=1S/C14H20N4O3/c1-4-5-8-21-13-12-10(16-14(18-13)20-3)6-7-11(17-12)15-9(2)19/h6-7,9,19H,4-5,8H2,1-3H3,(H,15,17). The van der Waals surface area contributed by atoms with E-state index >= 15 is 0 Å². The van der Waals surface area contributed by atoms with E-state index < -0.39 is 6.23 Å². The molecular weight excluding hydrogens is 272 g/mol. The minimum atomic E-state index is -0.696. The molecule has 0 spiro atoms. The highest BCUT2D eigenvalue weighted by Crippen LogP contribution is 2.25. The zero-order valence-electron chi connectivity index (χ0n) is 12.5. The van der Waals surface area contributed by atoms with Crippen LogP contribution in [0.5, 0.6) is 11.9 Å². The van der Waals surface area contributed by atoms with Gasteiger partial charge in [-0.3, -0.25) is 0 Å². The van der Waals surface area contributed by atoms with Gasteiger partial charge in [0.1, 0.15) is 17.6 Å². The Morgan fingerprint density at radius 1 is 1.29 bits per heavy atom. The van der Waals surface area contributed by atoms with Crippen molar-refractivity contribution in [3.63, 3.8) is 0 Å². The van der Waals surface area contributed by atoms with Gasteiger partial charge in [-0.2, -0.15) is 9.97 Å². The monoisotopic (exact) mass is 292 g/mol. The van der Waals surface area contributed by atoms with Crippen LogP contribution < -0.4 is 14.8 Å². The molecule has 21 heavy (non-hydrogen) atoms. The first-order valence-corrected chi connectivity index (χ1v) is 6.94. The van der Waals surface area contributed by atoms with Crippen molar-refractivity contribution in [2.45, 2.75) is 32.9 Å². The van der Waals surface area contributed by atoms with Crippen LogP contribution in [0.4, 0.5) is 5.82 Å². The number of fused-ring (bicyclic) bond motifs is 1. The van der Waals surface area contributed by atoms with E-state index in [1.807, 2.05) is 0 Å². The number of hydrogen-bond donors (Lipinski definition) is 2. The lowest BCUT2D eigenvalue weighted by molar-refractivity contribution is 0.224. The normalized spacial score (nSPS) is 12.2.